The summed E-state index contributed by atoms with van der Waals surface area (Å²) in [5, 5.41) is 7.85. The highest BCUT2D eigenvalue weighted by molar-refractivity contribution is 5.92. The van der Waals surface area contributed by atoms with Crippen LogP contribution in [0.25, 0.3) is 0 Å². The number of carbonyl (C=O) groups excluding carboxylic acids is 4. The highest BCUT2D eigenvalue weighted by Gasteiger charge is 2.23. The fourth-order valence-electron chi connectivity index (χ4n) is 2.97. The highest BCUT2D eigenvalue weighted by atomic mass is 16.7. The third kappa shape index (κ3) is 11.7. The molecule has 0 fully saturated rings. The van der Waals surface area contributed by atoms with Crippen LogP contribution in [-0.4, -0.2) is 43.4 Å². The van der Waals surface area contributed by atoms with Gasteiger partial charge in [-0.25, -0.2) is 14.4 Å². The maximum atomic E-state index is 12.5. The largest absolute Gasteiger partial charge is 0.508 e. The first kappa shape index (κ1) is 30.2. The van der Waals surface area contributed by atoms with E-state index in [1.165, 1.54) is 24.3 Å². The lowest BCUT2D eigenvalue weighted by molar-refractivity contribution is -0.146. The van der Waals surface area contributed by atoms with Crippen LogP contribution in [0.4, 0.5) is 21.0 Å². The Bertz CT molecular complexity index is 1150. The summed E-state index contributed by atoms with van der Waals surface area (Å²) in [5.74, 6) is -1.28. The van der Waals surface area contributed by atoms with Crippen molar-refractivity contribution in [2.45, 2.75) is 32.1 Å². The molecule has 0 unspecified atom stereocenters. The summed E-state index contributed by atoms with van der Waals surface area (Å²) >= 11 is 0. The predicted molar refractivity (Wildman–Crippen MR) is 141 cm³/mol. The Morgan fingerprint density at radius 1 is 0.821 bits per heavy atom. The van der Waals surface area contributed by atoms with Crippen molar-refractivity contribution in [3.63, 3.8) is 0 Å². The Labute approximate surface area is 224 Å². The van der Waals surface area contributed by atoms with Gasteiger partial charge in [0.15, 0.2) is 0 Å². The van der Waals surface area contributed by atoms with E-state index in [1.807, 2.05) is 0 Å². The van der Waals surface area contributed by atoms with Gasteiger partial charge in [-0.15, -0.1) is 4.91 Å². The molecule has 0 heterocycles. The minimum Gasteiger partial charge on any atom is -0.461 e. The molecule has 2 N–H and O–H groups in total. The summed E-state index contributed by atoms with van der Waals surface area (Å²) < 4.78 is 20.0. The molecular weight excluding hydrogens is 510 g/mol. The first-order valence-electron chi connectivity index (χ1n) is 11.8. The average Bonchev–Trinajstić information content (AvgIpc) is 2.95. The molecule has 12 nitrogen and oxygen atoms in total. The van der Waals surface area contributed by atoms with Gasteiger partial charge in [0.2, 0.25) is 0 Å². The molecular formula is C27H29N3O9. The quantitative estimate of drug-likeness (QED) is 0.142. The van der Waals surface area contributed by atoms with E-state index in [-0.39, 0.29) is 45.0 Å². The number of hydrogen-bond donors (Lipinski definition) is 2. The number of nitrogens with one attached hydrogen (secondary N) is 2. The molecule has 0 saturated carbocycles. The summed E-state index contributed by atoms with van der Waals surface area (Å²) in [5.41, 5.74) is 1.96. The molecule has 0 aliphatic heterocycles. The van der Waals surface area contributed by atoms with E-state index in [0.29, 0.717) is 16.8 Å². The van der Waals surface area contributed by atoms with Crippen LogP contribution < -0.4 is 10.6 Å². The molecule has 0 spiro atoms. The fourth-order valence-corrected chi connectivity index (χ4v) is 2.97. The van der Waals surface area contributed by atoms with E-state index in [1.54, 1.807) is 36.4 Å². The van der Waals surface area contributed by atoms with E-state index in [9.17, 15) is 24.1 Å². The Kier molecular flexibility index (Phi) is 12.9. The number of urea groups is 1. The third-order valence-electron chi connectivity index (χ3n) is 4.90. The Morgan fingerprint density at radius 3 is 1.95 bits per heavy atom. The van der Waals surface area contributed by atoms with Crippen molar-refractivity contribution in [3.8, 4) is 0 Å². The molecule has 2 aromatic carbocycles. The molecule has 1 atom stereocenters. The number of hydrogen-bond acceptors (Lipinski definition) is 10. The SMILES string of the molecule is C=CCOC(=O)CC[C@H](NC(=O)Nc1ccc(COC(=O)OCc2ccc(N=O)cc2)cc1)C(=O)OCC=C. The summed E-state index contributed by atoms with van der Waals surface area (Å²) in [7, 11) is 0. The smallest absolute Gasteiger partial charge is 0.461 e. The van der Waals surface area contributed by atoms with Crippen LogP contribution in [0.1, 0.15) is 24.0 Å². The second kappa shape index (κ2) is 16.7. The molecule has 39 heavy (non-hydrogen) atoms. The Morgan fingerprint density at radius 2 is 1.38 bits per heavy atom. The van der Waals surface area contributed by atoms with Gasteiger partial charge in [-0.1, -0.05) is 49.6 Å². The summed E-state index contributed by atoms with van der Waals surface area (Å²) in [6.45, 7) is 6.80. The van der Waals surface area contributed by atoms with Crippen molar-refractivity contribution in [1.29, 1.82) is 0 Å². The number of esters is 2. The second-order valence-electron chi connectivity index (χ2n) is 7.86. The van der Waals surface area contributed by atoms with Crippen LogP contribution in [0, 0.1) is 4.91 Å². The summed E-state index contributed by atoms with van der Waals surface area (Å²) in [4.78, 5) is 58.8. The molecule has 0 radical (unpaired) electrons. The van der Waals surface area contributed by atoms with Crippen LogP contribution >= 0.6 is 0 Å². The lowest BCUT2D eigenvalue weighted by atomic mass is 10.1. The van der Waals surface area contributed by atoms with Gasteiger partial charge in [0, 0.05) is 12.1 Å². The van der Waals surface area contributed by atoms with Crippen LogP contribution in [0.5, 0.6) is 0 Å². The lowest BCUT2D eigenvalue weighted by Crippen LogP contribution is -2.44. The van der Waals surface area contributed by atoms with Crippen molar-refractivity contribution in [2.75, 3.05) is 18.5 Å². The third-order valence-corrected chi connectivity index (χ3v) is 4.90. The van der Waals surface area contributed by atoms with Gasteiger partial charge in [0.25, 0.3) is 0 Å². The molecule has 2 rings (SSSR count). The van der Waals surface area contributed by atoms with E-state index < -0.39 is 30.2 Å². The van der Waals surface area contributed by atoms with Gasteiger partial charge < -0.3 is 29.6 Å². The number of carbonyl (C=O) groups is 4. The molecule has 206 valence electrons. The minimum atomic E-state index is -1.10. The molecule has 0 bridgehead atoms. The Hall–Kier alpha value is -5.00. The number of amides is 2. The number of rotatable bonds is 15. The molecule has 0 aromatic heterocycles. The van der Waals surface area contributed by atoms with Gasteiger partial charge in [-0.3, -0.25) is 4.79 Å². The van der Waals surface area contributed by atoms with E-state index in [2.05, 4.69) is 29.0 Å². The maximum Gasteiger partial charge on any atom is 0.508 e. The number of anilines is 1. The highest BCUT2D eigenvalue weighted by Crippen LogP contribution is 2.14. The number of benzene rings is 2. The van der Waals surface area contributed by atoms with Crippen LogP contribution in [-0.2, 0) is 41.8 Å². The van der Waals surface area contributed by atoms with Crippen molar-refractivity contribution in [2.24, 2.45) is 5.18 Å². The zero-order chi connectivity index (χ0) is 28.5. The minimum absolute atomic E-state index is 0.0337. The fraction of sp³-hybridized carbons (Fsp3) is 0.259. The zero-order valence-corrected chi connectivity index (χ0v) is 21.1. The Balaban J connectivity index is 1.82. The van der Waals surface area contributed by atoms with Gasteiger partial charge in [0.1, 0.15) is 38.2 Å². The van der Waals surface area contributed by atoms with Crippen LogP contribution in [0.15, 0.2) is 79.0 Å². The van der Waals surface area contributed by atoms with Crippen molar-refractivity contribution in [3.05, 3.63) is 89.9 Å². The molecule has 2 amide bonds. The van der Waals surface area contributed by atoms with Crippen molar-refractivity contribution < 1.29 is 38.1 Å². The first-order valence-corrected chi connectivity index (χ1v) is 11.8. The number of nitrogens with zero attached hydrogens (tertiary/aromatic N) is 1. The summed E-state index contributed by atoms with van der Waals surface area (Å²) in [6.07, 6.45) is 1.76. The van der Waals surface area contributed by atoms with Gasteiger partial charge in [-0.05, 0) is 47.0 Å². The van der Waals surface area contributed by atoms with Crippen molar-refractivity contribution in [1.82, 2.24) is 5.32 Å². The van der Waals surface area contributed by atoms with E-state index in [4.69, 9.17) is 18.9 Å². The monoisotopic (exact) mass is 539 g/mol. The van der Waals surface area contributed by atoms with Crippen LogP contribution in [0.2, 0.25) is 0 Å². The zero-order valence-electron chi connectivity index (χ0n) is 21.1. The molecule has 0 saturated heterocycles. The maximum absolute atomic E-state index is 12.5. The van der Waals surface area contributed by atoms with Gasteiger partial charge in [0.05, 0.1) is 0 Å². The van der Waals surface area contributed by atoms with E-state index in [0.717, 1.165) is 0 Å². The van der Waals surface area contributed by atoms with Crippen molar-refractivity contribution >= 4 is 35.5 Å². The lowest BCUT2D eigenvalue weighted by Gasteiger charge is -2.17. The second-order valence-corrected chi connectivity index (χ2v) is 7.86. The molecule has 2 aromatic rings. The molecule has 0 aliphatic rings. The summed E-state index contributed by atoms with van der Waals surface area (Å²) in [6, 6.07) is 10.8. The standard InChI is InChI=1S/C27H29N3O9/c1-3-15-36-24(31)14-13-23(25(32)37-16-4-2)29-26(33)28-21-9-5-19(6-10-21)17-38-27(34)39-18-20-7-11-22(30-35)12-8-20/h3-12,23H,1-2,13-18H2,(H2,28,29,33)/t23-/m0/s1. The first-order chi connectivity index (χ1) is 18.8. The van der Waals surface area contributed by atoms with E-state index >= 15 is 0 Å². The normalized spacial score (nSPS) is 10.8. The number of nitroso groups, excluding NO2 is 1. The molecule has 0 aliphatic carbocycles. The van der Waals surface area contributed by atoms with Gasteiger partial charge in [-0.2, -0.15) is 0 Å². The average molecular weight is 540 g/mol. The van der Waals surface area contributed by atoms with Gasteiger partial charge >= 0.3 is 24.1 Å². The number of ether oxygens (including phenoxy) is 4. The predicted octanol–water partition coefficient (Wildman–Crippen LogP) is 4.67. The molecule has 12 heteroatoms. The topological polar surface area (TPSA) is 159 Å². The van der Waals surface area contributed by atoms with Crippen LogP contribution in [0.3, 0.4) is 0 Å².